The van der Waals surface area contributed by atoms with E-state index in [0.29, 0.717) is 25.4 Å². The van der Waals surface area contributed by atoms with Crippen molar-refractivity contribution in [1.29, 1.82) is 0 Å². The number of amides is 1. The van der Waals surface area contributed by atoms with Crippen LogP contribution in [0.15, 0.2) is 59.1 Å². The molecule has 1 fully saturated rings. The summed E-state index contributed by atoms with van der Waals surface area (Å²) >= 11 is 0. The van der Waals surface area contributed by atoms with E-state index in [1.807, 2.05) is 49.1 Å². The van der Waals surface area contributed by atoms with Gasteiger partial charge in [0.1, 0.15) is 0 Å². The van der Waals surface area contributed by atoms with E-state index < -0.39 is 0 Å². The summed E-state index contributed by atoms with van der Waals surface area (Å²) < 4.78 is 5.33. The van der Waals surface area contributed by atoms with Crippen molar-refractivity contribution in [2.45, 2.75) is 32.1 Å². The number of hydrogen-bond donors (Lipinski definition) is 0. The molecular formula is C22H23N3O2. The van der Waals surface area contributed by atoms with Gasteiger partial charge in [-0.3, -0.25) is 4.79 Å². The Labute approximate surface area is 159 Å². The first-order chi connectivity index (χ1) is 13.1. The lowest BCUT2D eigenvalue weighted by Gasteiger charge is -2.37. The van der Waals surface area contributed by atoms with Crippen molar-refractivity contribution in [2.75, 3.05) is 13.1 Å². The second-order valence-electron chi connectivity index (χ2n) is 7.38. The normalized spacial score (nSPS) is 14.4. The highest BCUT2D eigenvalue weighted by atomic mass is 16.5. The molecule has 0 radical (unpaired) electrons. The predicted octanol–water partition coefficient (Wildman–Crippen LogP) is 4.03. The SMILES string of the molecule is CC(C)c1noc(C2CN(C(=O)Cc3ccc(-c4ccccc4)cc3)C2)n1. The number of rotatable bonds is 5. The summed E-state index contributed by atoms with van der Waals surface area (Å²) in [5, 5.41) is 4.00. The van der Waals surface area contributed by atoms with Crippen molar-refractivity contribution in [3.8, 4) is 11.1 Å². The Morgan fingerprint density at radius 1 is 1.07 bits per heavy atom. The molecule has 138 valence electrons. The molecule has 1 amide bonds. The van der Waals surface area contributed by atoms with Gasteiger partial charge in [-0.15, -0.1) is 0 Å². The molecule has 1 aliphatic rings. The molecule has 27 heavy (non-hydrogen) atoms. The summed E-state index contributed by atoms with van der Waals surface area (Å²) in [6, 6.07) is 18.4. The van der Waals surface area contributed by atoms with Crippen LogP contribution in [0.4, 0.5) is 0 Å². The fraction of sp³-hybridized carbons (Fsp3) is 0.318. The number of carbonyl (C=O) groups excluding carboxylic acids is 1. The highest BCUT2D eigenvalue weighted by Crippen LogP contribution is 2.27. The first-order valence-corrected chi connectivity index (χ1v) is 9.36. The summed E-state index contributed by atoms with van der Waals surface area (Å²) in [5.74, 6) is 1.93. The first kappa shape index (κ1) is 17.5. The standard InChI is InChI=1S/C22H23N3O2/c1-15(2)21-23-22(27-24-21)19-13-25(14-19)20(26)12-16-8-10-18(11-9-16)17-6-4-3-5-7-17/h3-11,15,19H,12-14H2,1-2H3. The van der Waals surface area contributed by atoms with Gasteiger partial charge in [-0.05, 0) is 16.7 Å². The Kier molecular flexibility index (Phi) is 4.75. The molecule has 1 saturated heterocycles. The van der Waals surface area contributed by atoms with E-state index in [-0.39, 0.29) is 17.7 Å². The van der Waals surface area contributed by atoms with Crippen molar-refractivity contribution >= 4 is 5.91 Å². The largest absolute Gasteiger partial charge is 0.341 e. The molecule has 0 spiro atoms. The van der Waals surface area contributed by atoms with Crippen molar-refractivity contribution in [3.05, 3.63) is 71.9 Å². The van der Waals surface area contributed by atoms with Crippen LogP contribution in [0.2, 0.25) is 0 Å². The molecule has 2 aromatic carbocycles. The van der Waals surface area contributed by atoms with Crippen LogP contribution in [0.1, 0.15) is 43.0 Å². The smallest absolute Gasteiger partial charge is 0.233 e. The minimum Gasteiger partial charge on any atom is -0.341 e. The Hall–Kier alpha value is -2.95. The summed E-state index contributed by atoms with van der Waals surface area (Å²) in [5.41, 5.74) is 3.37. The van der Waals surface area contributed by atoms with Crippen molar-refractivity contribution in [1.82, 2.24) is 15.0 Å². The van der Waals surface area contributed by atoms with Gasteiger partial charge in [0.25, 0.3) is 0 Å². The van der Waals surface area contributed by atoms with Crippen LogP contribution in [0, 0.1) is 0 Å². The van der Waals surface area contributed by atoms with Crippen LogP contribution in [0.5, 0.6) is 0 Å². The van der Waals surface area contributed by atoms with Crippen LogP contribution < -0.4 is 0 Å². The third-order valence-electron chi connectivity index (χ3n) is 4.97. The van der Waals surface area contributed by atoms with Gasteiger partial charge >= 0.3 is 0 Å². The fourth-order valence-electron chi connectivity index (χ4n) is 3.22. The molecule has 2 heterocycles. The van der Waals surface area contributed by atoms with Crippen molar-refractivity contribution in [3.63, 3.8) is 0 Å². The zero-order valence-corrected chi connectivity index (χ0v) is 15.6. The van der Waals surface area contributed by atoms with E-state index in [1.54, 1.807) is 0 Å². The number of aromatic nitrogens is 2. The van der Waals surface area contributed by atoms with Gasteiger partial charge in [0.15, 0.2) is 5.82 Å². The molecule has 0 aliphatic carbocycles. The molecule has 0 unspecified atom stereocenters. The van der Waals surface area contributed by atoms with E-state index in [4.69, 9.17) is 4.52 Å². The maximum atomic E-state index is 12.5. The minimum absolute atomic E-state index is 0.141. The van der Waals surface area contributed by atoms with Crippen molar-refractivity contribution in [2.24, 2.45) is 0 Å². The number of likely N-dealkylation sites (tertiary alicyclic amines) is 1. The highest BCUT2D eigenvalue weighted by Gasteiger charge is 2.35. The molecular weight excluding hydrogens is 338 g/mol. The van der Waals surface area contributed by atoms with E-state index >= 15 is 0 Å². The zero-order valence-electron chi connectivity index (χ0n) is 15.6. The lowest BCUT2D eigenvalue weighted by Crippen LogP contribution is -2.49. The third kappa shape index (κ3) is 3.77. The van der Waals surface area contributed by atoms with E-state index in [2.05, 4.69) is 34.4 Å². The summed E-state index contributed by atoms with van der Waals surface area (Å²) in [6.07, 6.45) is 0.420. The molecule has 3 aromatic rings. The molecule has 4 rings (SSSR count). The van der Waals surface area contributed by atoms with Gasteiger partial charge in [0, 0.05) is 19.0 Å². The second-order valence-corrected chi connectivity index (χ2v) is 7.38. The van der Waals surface area contributed by atoms with Gasteiger partial charge in [-0.2, -0.15) is 4.98 Å². The lowest BCUT2D eigenvalue weighted by atomic mass is 9.98. The predicted molar refractivity (Wildman–Crippen MR) is 103 cm³/mol. The summed E-state index contributed by atoms with van der Waals surface area (Å²) in [4.78, 5) is 18.8. The second kappa shape index (κ2) is 7.35. The van der Waals surface area contributed by atoms with Gasteiger partial charge in [-0.25, -0.2) is 0 Å². The van der Waals surface area contributed by atoms with Gasteiger partial charge in [-0.1, -0.05) is 73.6 Å². The van der Waals surface area contributed by atoms with Gasteiger partial charge < -0.3 is 9.42 Å². The molecule has 1 aliphatic heterocycles. The first-order valence-electron chi connectivity index (χ1n) is 9.36. The van der Waals surface area contributed by atoms with Crippen LogP contribution in [-0.2, 0) is 11.2 Å². The molecule has 5 heteroatoms. The minimum atomic E-state index is 0.141. The van der Waals surface area contributed by atoms with E-state index in [0.717, 1.165) is 17.0 Å². The van der Waals surface area contributed by atoms with Crippen molar-refractivity contribution < 1.29 is 9.32 Å². The number of hydrogen-bond acceptors (Lipinski definition) is 4. The number of nitrogens with zero attached hydrogens (tertiary/aromatic N) is 3. The van der Waals surface area contributed by atoms with Crippen LogP contribution in [0.3, 0.4) is 0 Å². The molecule has 0 saturated carbocycles. The van der Waals surface area contributed by atoms with Crippen LogP contribution in [0.25, 0.3) is 11.1 Å². The Bertz CT molecular complexity index is 910. The van der Waals surface area contributed by atoms with Gasteiger partial charge in [0.05, 0.1) is 12.3 Å². The van der Waals surface area contributed by atoms with Crippen LogP contribution in [-0.4, -0.2) is 34.0 Å². The Balaban J connectivity index is 1.32. The average Bonchev–Trinajstić information content (AvgIpc) is 3.12. The maximum Gasteiger partial charge on any atom is 0.233 e. The number of carbonyl (C=O) groups is 1. The lowest BCUT2D eigenvalue weighted by molar-refractivity contribution is -0.135. The van der Waals surface area contributed by atoms with Crippen LogP contribution >= 0.6 is 0 Å². The highest BCUT2D eigenvalue weighted by molar-refractivity contribution is 5.80. The molecule has 5 nitrogen and oxygen atoms in total. The Morgan fingerprint density at radius 3 is 2.37 bits per heavy atom. The fourth-order valence-corrected chi connectivity index (χ4v) is 3.22. The molecule has 0 bridgehead atoms. The third-order valence-corrected chi connectivity index (χ3v) is 4.97. The maximum absolute atomic E-state index is 12.5. The quantitative estimate of drug-likeness (QED) is 0.688. The monoisotopic (exact) mass is 361 g/mol. The molecule has 1 aromatic heterocycles. The zero-order chi connectivity index (χ0) is 18.8. The summed E-state index contributed by atoms with van der Waals surface area (Å²) in [7, 11) is 0. The topological polar surface area (TPSA) is 59.2 Å². The number of benzene rings is 2. The molecule has 0 atom stereocenters. The van der Waals surface area contributed by atoms with Gasteiger partial charge in [0.2, 0.25) is 11.8 Å². The van der Waals surface area contributed by atoms with E-state index in [1.165, 1.54) is 5.56 Å². The average molecular weight is 361 g/mol. The van der Waals surface area contributed by atoms with E-state index in [9.17, 15) is 4.79 Å². The Morgan fingerprint density at radius 2 is 1.74 bits per heavy atom. The molecule has 0 N–H and O–H groups in total. The summed E-state index contributed by atoms with van der Waals surface area (Å²) in [6.45, 7) is 5.38.